The molecule has 2 aliphatic carbocycles. The number of H-pyrrole nitrogens is 1. The van der Waals surface area contributed by atoms with Crippen LogP contribution in [0.25, 0.3) is 0 Å². The van der Waals surface area contributed by atoms with E-state index in [1.165, 1.54) is 24.1 Å². The highest BCUT2D eigenvalue weighted by Crippen LogP contribution is 2.38. The molecule has 1 saturated carbocycles. The second-order valence-electron chi connectivity index (χ2n) is 7.68. The molecule has 2 aliphatic rings. The maximum Gasteiger partial charge on any atom is 0.220 e. The largest absolute Gasteiger partial charge is 0.393 e. The van der Waals surface area contributed by atoms with E-state index in [2.05, 4.69) is 27.6 Å². The number of aliphatic hydroxyl groups is 1. The van der Waals surface area contributed by atoms with Gasteiger partial charge in [-0.05, 0) is 55.6 Å². The van der Waals surface area contributed by atoms with Gasteiger partial charge in [-0.2, -0.15) is 5.10 Å². The van der Waals surface area contributed by atoms with Gasteiger partial charge in [-0.15, -0.1) is 0 Å². The lowest BCUT2D eigenvalue weighted by molar-refractivity contribution is -0.123. The Morgan fingerprint density at radius 1 is 1.23 bits per heavy atom. The fourth-order valence-corrected chi connectivity index (χ4v) is 4.27. The highest BCUT2D eigenvalue weighted by atomic mass is 16.3. The zero-order valence-corrected chi connectivity index (χ0v) is 15.1. The number of aryl methyl sites for hydroxylation is 2. The minimum Gasteiger partial charge on any atom is -0.393 e. The quantitative estimate of drug-likeness (QED) is 0.747. The van der Waals surface area contributed by atoms with E-state index in [0.29, 0.717) is 18.8 Å². The molecule has 5 heteroatoms. The van der Waals surface area contributed by atoms with Crippen molar-refractivity contribution in [1.29, 1.82) is 0 Å². The van der Waals surface area contributed by atoms with Crippen LogP contribution in [-0.2, 0) is 24.1 Å². The molecule has 138 valence electrons. The molecule has 0 bridgehead atoms. The van der Waals surface area contributed by atoms with Crippen LogP contribution in [0, 0.1) is 5.92 Å². The first-order chi connectivity index (χ1) is 12.7. The van der Waals surface area contributed by atoms with E-state index >= 15 is 0 Å². The molecule has 1 aromatic carbocycles. The summed E-state index contributed by atoms with van der Waals surface area (Å²) >= 11 is 0. The number of aromatic nitrogens is 2. The summed E-state index contributed by atoms with van der Waals surface area (Å²) in [7, 11) is 0. The summed E-state index contributed by atoms with van der Waals surface area (Å²) in [5.74, 6) is 0.377. The van der Waals surface area contributed by atoms with Crippen LogP contribution >= 0.6 is 0 Å². The van der Waals surface area contributed by atoms with Crippen molar-refractivity contribution < 1.29 is 9.90 Å². The number of aromatic amines is 1. The smallest absolute Gasteiger partial charge is 0.220 e. The monoisotopic (exact) mass is 353 g/mol. The number of hydrogen-bond acceptors (Lipinski definition) is 3. The molecular weight excluding hydrogens is 326 g/mol. The van der Waals surface area contributed by atoms with Crippen LogP contribution in [0.5, 0.6) is 0 Å². The first-order valence-electron chi connectivity index (χ1n) is 9.78. The molecule has 4 rings (SSSR count). The van der Waals surface area contributed by atoms with Gasteiger partial charge in [-0.25, -0.2) is 0 Å². The molecule has 26 heavy (non-hydrogen) atoms. The predicted molar refractivity (Wildman–Crippen MR) is 99.6 cm³/mol. The Kier molecular flexibility index (Phi) is 5.07. The van der Waals surface area contributed by atoms with Crippen molar-refractivity contribution in [3.05, 3.63) is 52.8 Å². The van der Waals surface area contributed by atoms with E-state index < -0.39 is 0 Å². The molecule has 2 aromatic rings. The summed E-state index contributed by atoms with van der Waals surface area (Å²) in [6.07, 6.45) is 7.03. The topological polar surface area (TPSA) is 78.0 Å². The van der Waals surface area contributed by atoms with Gasteiger partial charge in [-0.1, -0.05) is 30.3 Å². The number of benzene rings is 1. The number of carbonyl (C=O) groups is 1. The van der Waals surface area contributed by atoms with E-state index in [9.17, 15) is 9.90 Å². The van der Waals surface area contributed by atoms with E-state index in [4.69, 9.17) is 0 Å². The number of nitrogens with one attached hydrogen (secondary N) is 2. The van der Waals surface area contributed by atoms with Crippen molar-refractivity contribution in [3.8, 4) is 0 Å². The summed E-state index contributed by atoms with van der Waals surface area (Å²) in [4.78, 5) is 12.6. The van der Waals surface area contributed by atoms with Crippen molar-refractivity contribution in [2.24, 2.45) is 5.92 Å². The van der Waals surface area contributed by atoms with Crippen LogP contribution < -0.4 is 5.32 Å². The molecule has 1 amide bonds. The third-order valence-corrected chi connectivity index (χ3v) is 5.83. The SMILES string of the molecule is O=C(CCc1n[nH]c2c1CCCC2)N[C@@H](c1ccccc1)C1CC(O)C1. The van der Waals surface area contributed by atoms with Gasteiger partial charge in [0.05, 0.1) is 17.8 Å². The van der Waals surface area contributed by atoms with Crippen molar-refractivity contribution in [3.63, 3.8) is 0 Å². The first kappa shape index (κ1) is 17.3. The number of rotatable bonds is 6. The first-order valence-corrected chi connectivity index (χ1v) is 9.78. The van der Waals surface area contributed by atoms with Gasteiger partial charge in [0, 0.05) is 18.5 Å². The third kappa shape index (κ3) is 3.68. The Labute approximate surface area is 154 Å². The van der Waals surface area contributed by atoms with Crippen LogP contribution in [0.3, 0.4) is 0 Å². The van der Waals surface area contributed by atoms with Crippen LogP contribution in [0.2, 0.25) is 0 Å². The Hall–Kier alpha value is -2.14. The lowest BCUT2D eigenvalue weighted by atomic mass is 9.75. The van der Waals surface area contributed by atoms with Gasteiger partial charge in [0.25, 0.3) is 0 Å². The second kappa shape index (κ2) is 7.62. The zero-order valence-electron chi connectivity index (χ0n) is 15.1. The molecule has 1 atom stereocenters. The Bertz CT molecular complexity index is 750. The summed E-state index contributed by atoms with van der Waals surface area (Å²) in [5, 5.41) is 20.5. The molecule has 1 heterocycles. The number of fused-ring (bicyclic) bond motifs is 1. The average molecular weight is 353 g/mol. The molecule has 0 aliphatic heterocycles. The van der Waals surface area contributed by atoms with Gasteiger partial charge >= 0.3 is 0 Å². The standard InChI is InChI=1S/C21H27N3O2/c25-16-12-15(13-16)21(14-6-2-1-3-7-14)22-20(26)11-10-19-17-8-4-5-9-18(17)23-24-19/h1-3,6-7,15-16,21,25H,4-5,8-13H2,(H,22,26)(H,23,24)/t15?,16?,21-/m0/s1. The van der Waals surface area contributed by atoms with Crippen LogP contribution in [0.4, 0.5) is 0 Å². The summed E-state index contributed by atoms with van der Waals surface area (Å²) < 4.78 is 0. The lowest BCUT2D eigenvalue weighted by Crippen LogP contribution is -2.41. The molecule has 0 spiro atoms. The Morgan fingerprint density at radius 2 is 2.00 bits per heavy atom. The van der Waals surface area contributed by atoms with E-state index in [0.717, 1.165) is 36.9 Å². The number of carbonyl (C=O) groups excluding carboxylic acids is 1. The summed E-state index contributed by atoms with van der Waals surface area (Å²) in [6.45, 7) is 0. The minimum atomic E-state index is -0.223. The highest BCUT2D eigenvalue weighted by molar-refractivity contribution is 5.76. The summed E-state index contributed by atoms with van der Waals surface area (Å²) in [5.41, 5.74) is 4.78. The fraction of sp³-hybridized carbons (Fsp3) is 0.524. The van der Waals surface area contributed by atoms with E-state index in [1.807, 2.05) is 18.2 Å². The van der Waals surface area contributed by atoms with E-state index in [1.54, 1.807) is 0 Å². The molecule has 1 aromatic heterocycles. The van der Waals surface area contributed by atoms with E-state index in [-0.39, 0.29) is 18.1 Å². The molecule has 3 N–H and O–H groups in total. The molecule has 0 saturated heterocycles. The van der Waals surface area contributed by atoms with Gasteiger partial charge in [0.1, 0.15) is 0 Å². The highest BCUT2D eigenvalue weighted by Gasteiger charge is 2.35. The fourth-order valence-electron chi connectivity index (χ4n) is 4.27. The lowest BCUT2D eigenvalue weighted by Gasteiger charge is -2.38. The van der Waals surface area contributed by atoms with Gasteiger partial charge in [-0.3, -0.25) is 9.89 Å². The van der Waals surface area contributed by atoms with Crippen molar-refractivity contribution in [1.82, 2.24) is 15.5 Å². The van der Waals surface area contributed by atoms with Crippen molar-refractivity contribution in [2.75, 3.05) is 0 Å². The molecule has 0 radical (unpaired) electrons. The zero-order chi connectivity index (χ0) is 17.9. The number of amides is 1. The Balaban J connectivity index is 1.38. The number of hydrogen-bond donors (Lipinski definition) is 3. The van der Waals surface area contributed by atoms with Crippen LogP contribution in [0.15, 0.2) is 30.3 Å². The normalized spacial score (nSPS) is 23.0. The molecule has 5 nitrogen and oxygen atoms in total. The maximum absolute atomic E-state index is 12.6. The molecule has 0 unspecified atom stereocenters. The second-order valence-corrected chi connectivity index (χ2v) is 7.68. The predicted octanol–water partition coefficient (Wildman–Crippen LogP) is 2.85. The van der Waals surface area contributed by atoms with Crippen LogP contribution in [0.1, 0.15) is 60.7 Å². The maximum atomic E-state index is 12.6. The minimum absolute atomic E-state index is 0.0137. The molecule has 1 fully saturated rings. The Morgan fingerprint density at radius 3 is 2.77 bits per heavy atom. The average Bonchev–Trinajstić information content (AvgIpc) is 3.06. The van der Waals surface area contributed by atoms with Crippen molar-refractivity contribution in [2.45, 2.75) is 63.5 Å². The number of nitrogens with zero attached hydrogens (tertiary/aromatic N) is 1. The van der Waals surface area contributed by atoms with Crippen LogP contribution in [-0.4, -0.2) is 27.3 Å². The molecular formula is C21H27N3O2. The third-order valence-electron chi connectivity index (χ3n) is 5.83. The number of aliphatic hydroxyl groups excluding tert-OH is 1. The summed E-state index contributed by atoms with van der Waals surface area (Å²) in [6, 6.07) is 10.1. The van der Waals surface area contributed by atoms with Gasteiger partial charge < -0.3 is 10.4 Å². The van der Waals surface area contributed by atoms with Crippen molar-refractivity contribution >= 4 is 5.91 Å². The van der Waals surface area contributed by atoms with Gasteiger partial charge in [0.2, 0.25) is 5.91 Å². The van der Waals surface area contributed by atoms with Gasteiger partial charge in [0.15, 0.2) is 0 Å².